The molecule has 8 nitrogen and oxygen atoms in total. The van der Waals surface area contributed by atoms with Crippen LogP contribution < -0.4 is 10.0 Å². The van der Waals surface area contributed by atoms with E-state index in [-0.39, 0.29) is 5.03 Å². The van der Waals surface area contributed by atoms with E-state index in [2.05, 4.69) is 21.2 Å². The number of aromatic nitrogens is 2. The lowest BCUT2D eigenvalue weighted by Crippen LogP contribution is -2.35. The van der Waals surface area contributed by atoms with Crippen molar-refractivity contribution < 1.29 is 17.9 Å². The highest BCUT2D eigenvalue weighted by molar-refractivity contribution is 7.90. The van der Waals surface area contributed by atoms with Crippen molar-refractivity contribution in [3.05, 3.63) is 40.6 Å². The Labute approximate surface area is 176 Å². The summed E-state index contributed by atoms with van der Waals surface area (Å²) in [7, 11) is -4.05. The van der Waals surface area contributed by atoms with Gasteiger partial charge in [-0.25, -0.2) is 9.52 Å². The van der Waals surface area contributed by atoms with Gasteiger partial charge in [0, 0.05) is 31.0 Å². The molecule has 0 radical (unpaired) electrons. The number of sulfonamides is 1. The van der Waals surface area contributed by atoms with Gasteiger partial charge in [0.1, 0.15) is 0 Å². The number of hydrogen-bond donors (Lipinski definition) is 2. The molecule has 1 atom stereocenters. The van der Waals surface area contributed by atoms with Crippen LogP contribution in [0.5, 0.6) is 0 Å². The van der Waals surface area contributed by atoms with Crippen molar-refractivity contribution >= 4 is 21.7 Å². The number of nitrogens with one attached hydrogen (secondary N) is 2. The average molecular weight is 431 g/mol. The first-order chi connectivity index (χ1) is 14.5. The molecule has 0 spiro atoms. The van der Waals surface area contributed by atoms with Crippen molar-refractivity contribution in [1.29, 1.82) is 0 Å². The molecule has 1 unspecified atom stereocenters. The van der Waals surface area contributed by atoms with E-state index in [0.29, 0.717) is 19.1 Å². The van der Waals surface area contributed by atoms with Crippen molar-refractivity contribution in [3.63, 3.8) is 0 Å². The topological polar surface area (TPSA) is 102 Å². The van der Waals surface area contributed by atoms with Crippen LogP contribution in [0.25, 0.3) is 0 Å². The van der Waals surface area contributed by atoms with Crippen LogP contribution in [-0.4, -0.2) is 37.4 Å². The molecule has 2 aliphatic carbocycles. The van der Waals surface area contributed by atoms with Crippen molar-refractivity contribution in [2.45, 2.75) is 56.5 Å². The van der Waals surface area contributed by atoms with Gasteiger partial charge in [-0.3, -0.25) is 4.68 Å². The summed E-state index contributed by atoms with van der Waals surface area (Å²) in [6.07, 6.45) is 8.56. The van der Waals surface area contributed by atoms with Gasteiger partial charge in [-0.05, 0) is 73.3 Å². The molecular weight excluding hydrogens is 404 g/mol. The van der Waals surface area contributed by atoms with Crippen molar-refractivity contribution in [2.75, 3.05) is 18.5 Å². The molecule has 9 heteroatoms. The summed E-state index contributed by atoms with van der Waals surface area (Å²) in [5, 5.41) is 6.85. The van der Waals surface area contributed by atoms with E-state index in [1.807, 2.05) is 0 Å². The van der Waals surface area contributed by atoms with E-state index in [1.54, 1.807) is 10.9 Å². The third-order valence-electron chi connectivity index (χ3n) is 6.30. The molecule has 1 aromatic heterocycles. The number of hydrogen-bond acceptors (Lipinski definition) is 5. The van der Waals surface area contributed by atoms with Crippen molar-refractivity contribution in [2.24, 2.45) is 5.92 Å². The van der Waals surface area contributed by atoms with Gasteiger partial charge in [0.25, 0.3) is 10.0 Å². The largest absolute Gasteiger partial charge is 0.381 e. The van der Waals surface area contributed by atoms with Crippen LogP contribution in [0.15, 0.2) is 23.4 Å². The second-order valence-corrected chi connectivity index (χ2v) is 10.0. The Hall–Kier alpha value is -2.39. The molecule has 2 heterocycles. The van der Waals surface area contributed by atoms with Gasteiger partial charge in [-0.15, -0.1) is 0 Å². The zero-order valence-corrected chi connectivity index (χ0v) is 17.6. The molecule has 0 saturated carbocycles. The molecule has 3 aliphatic rings. The maximum absolute atomic E-state index is 12.7. The van der Waals surface area contributed by atoms with Crippen LogP contribution in [0.3, 0.4) is 0 Å². The summed E-state index contributed by atoms with van der Waals surface area (Å²) >= 11 is 0. The summed E-state index contributed by atoms with van der Waals surface area (Å²) < 4.78 is 34.4. The van der Waals surface area contributed by atoms with Gasteiger partial charge in [-0.2, -0.15) is 13.5 Å². The number of urea groups is 1. The number of carbonyl (C=O) groups is 1. The molecule has 5 rings (SSSR count). The molecule has 1 aromatic carbocycles. The molecular formula is C21H26N4O4S. The number of carbonyl (C=O) groups excluding carboxylic acids is 1. The first kappa shape index (κ1) is 19.6. The lowest BCUT2D eigenvalue weighted by Gasteiger charge is -2.16. The second-order valence-electron chi connectivity index (χ2n) is 8.40. The van der Waals surface area contributed by atoms with Crippen LogP contribution >= 0.6 is 0 Å². The van der Waals surface area contributed by atoms with Crippen LogP contribution in [0.1, 0.15) is 41.5 Å². The molecule has 30 heavy (non-hydrogen) atoms. The lowest BCUT2D eigenvalue weighted by molar-refractivity contribution is 0.181. The normalized spacial score (nSPS) is 20.2. The number of aryl methyl sites for hydroxylation is 2. The van der Waals surface area contributed by atoms with E-state index < -0.39 is 16.1 Å². The summed E-state index contributed by atoms with van der Waals surface area (Å²) in [4.78, 5) is 12.6. The summed E-state index contributed by atoms with van der Waals surface area (Å²) in [6, 6.07) is 2.96. The van der Waals surface area contributed by atoms with Crippen LogP contribution in [-0.2, 0) is 47.0 Å². The third-order valence-corrected chi connectivity index (χ3v) is 7.52. The zero-order chi connectivity index (χ0) is 20.7. The highest BCUT2D eigenvalue weighted by Crippen LogP contribution is 2.38. The smallest absolute Gasteiger partial charge is 0.333 e. The molecule has 160 valence electrons. The molecule has 2 N–H and O–H groups in total. The fourth-order valence-electron chi connectivity index (χ4n) is 4.86. The highest BCUT2D eigenvalue weighted by atomic mass is 32.2. The standard InChI is InChI=1S/C21H26N4O4S/c26-21(22-20-17-5-1-3-15(17)11-16-4-2-6-18(16)20)24-30(27,28)19-7-9-25(23-19)12-14-8-10-29-13-14/h7,9,11,14H,1-6,8,10,12-13H2,(H2,22,24,26). The van der Waals surface area contributed by atoms with Gasteiger partial charge in [0.15, 0.2) is 5.03 Å². The Bertz CT molecular complexity index is 1050. The Morgan fingerprint density at radius 2 is 1.90 bits per heavy atom. The first-order valence-corrected chi connectivity index (χ1v) is 12.1. The van der Waals surface area contributed by atoms with Gasteiger partial charge in [-0.1, -0.05) is 6.07 Å². The maximum Gasteiger partial charge on any atom is 0.333 e. The van der Waals surface area contributed by atoms with Crippen LogP contribution in [0.4, 0.5) is 10.5 Å². The maximum atomic E-state index is 12.7. The summed E-state index contributed by atoms with van der Waals surface area (Å²) in [5.41, 5.74) is 5.70. The number of amides is 2. The summed E-state index contributed by atoms with van der Waals surface area (Å²) in [5.74, 6) is 0.332. The minimum absolute atomic E-state index is 0.153. The fourth-order valence-corrected chi connectivity index (χ4v) is 5.71. The Kier molecular flexibility index (Phi) is 5.02. The number of rotatable bonds is 5. The Balaban J connectivity index is 1.31. The van der Waals surface area contributed by atoms with E-state index in [4.69, 9.17) is 4.74 Å². The van der Waals surface area contributed by atoms with E-state index in [1.165, 1.54) is 17.2 Å². The predicted octanol–water partition coefficient (Wildman–Crippen LogP) is 2.41. The fraction of sp³-hybridized carbons (Fsp3) is 0.524. The molecule has 1 fully saturated rings. The van der Waals surface area contributed by atoms with Crippen LogP contribution in [0.2, 0.25) is 0 Å². The second kappa shape index (κ2) is 7.70. The monoisotopic (exact) mass is 430 g/mol. The third kappa shape index (κ3) is 3.72. The number of benzene rings is 1. The molecule has 1 saturated heterocycles. The molecule has 2 aromatic rings. The quantitative estimate of drug-likeness (QED) is 0.758. The molecule has 2 amide bonds. The van der Waals surface area contributed by atoms with Gasteiger partial charge >= 0.3 is 6.03 Å². The van der Waals surface area contributed by atoms with E-state index in [9.17, 15) is 13.2 Å². The van der Waals surface area contributed by atoms with Crippen LogP contribution in [0, 0.1) is 5.92 Å². The zero-order valence-electron chi connectivity index (χ0n) is 16.8. The van der Waals surface area contributed by atoms with Gasteiger partial charge in [0.05, 0.1) is 6.61 Å². The van der Waals surface area contributed by atoms with E-state index >= 15 is 0 Å². The number of ether oxygens (including phenoxy) is 1. The number of anilines is 1. The number of fused-ring (bicyclic) bond motifs is 2. The molecule has 1 aliphatic heterocycles. The minimum atomic E-state index is -4.05. The Morgan fingerprint density at radius 1 is 1.17 bits per heavy atom. The Morgan fingerprint density at radius 3 is 2.57 bits per heavy atom. The minimum Gasteiger partial charge on any atom is -0.381 e. The first-order valence-electron chi connectivity index (χ1n) is 10.6. The lowest BCUT2D eigenvalue weighted by atomic mass is 9.99. The number of nitrogens with zero attached hydrogens (tertiary/aromatic N) is 2. The van der Waals surface area contributed by atoms with Crippen molar-refractivity contribution in [3.8, 4) is 0 Å². The van der Waals surface area contributed by atoms with E-state index in [0.717, 1.165) is 68.4 Å². The van der Waals surface area contributed by atoms with Gasteiger partial charge < -0.3 is 10.1 Å². The summed E-state index contributed by atoms with van der Waals surface area (Å²) in [6.45, 7) is 1.99. The molecule has 0 bridgehead atoms. The van der Waals surface area contributed by atoms with Gasteiger partial charge in [0.2, 0.25) is 0 Å². The predicted molar refractivity (Wildman–Crippen MR) is 111 cm³/mol. The SMILES string of the molecule is O=C(Nc1c2c(cc3c1CCC3)CCC2)NS(=O)(=O)c1ccn(CC2CCOC2)n1. The van der Waals surface area contributed by atoms with Crippen molar-refractivity contribution in [1.82, 2.24) is 14.5 Å². The highest BCUT2D eigenvalue weighted by Gasteiger charge is 2.27. The average Bonchev–Trinajstić information content (AvgIpc) is 3.49.